The number of nitrogens with zero attached hydrogens (tertiary/aromatic N) is 1. The predicted octanol–water partition coefficient (Wildman–Crippen LogP) is 2.58. The number of carbonyl (C=O) groups excluding carboxylic acids is 1. The number of primary amides is 1. The van der Waals surface area contributed by atoms with E-state index in [0.717, 1.165) is 31.2 Å². The summed E-state index contributed by atoms with van der Waals surface area (Å²) in [6.45, 7) is 0.304. The van der Waals surface area contributed by atoms with Crippen LogP contribution in [-0.2, 0) is 14.8 Å². The van der Waals surface area contributed by atoms with E-state index in [9.17, 15) is 13.2 Å². The van der Waals surface area contributed by atoms with Crippen molar-refractivity contribution in [1.82, 2.24) is 9.71 Å². The lowest BCUT2D eigenvalue weighted by molar-refractivity contribution is -0.118. The van der Waals surface area contributed by atoms with Crippen molar-refractivity contribution in [3.05, 3.63) is 60.4 Å². The summed E-state index contributed by atoms with van der Waals surface area (Å²) in [5.41, 5.74) is 6.15. The monoisotopic (exact) mass is 375 g/mol. The average Bonchev–Trinajstić information content (AvgIpc) is 2.65. The van der Waals surface area contributed by atoms with Crippen LogP contribution in [0.4, 0.5) is 0 Å². The van der Waals surface area contributed by atoms with Gasteiger partial charge in [0.25, 0.3) is 0 Å². The van der Waals surface area contributed by atoms with E-state index in [1.165, 1.54) is 0 Å². The second-order valence-corrected chi connectivity index (χ2v) is 7.98. The van der Waals surface area contributed by atoms with Crippen LogP contribution in [-0.4, -0.2) is 25.9 Å². The summed E-state index contributed by atoms with van der Waals surface area (Å²) in [6, 6.07) is 12.1. The van der Waals surface area contributed by atoms with E-state index in [1.807, 2.05) is 12.1 Å². The third kappa shape index (κ3) is 6.57. The van der Waals surface area contributed by atoms with Crippen LogP contribution in [0.5, 0.6) is 0 Å². The first-order chi connectivity index (χ1) is 12.5. The molecule has 0 saturated carbocycles. The molecule has 1 amide bonds. The predicted molar refractivity (Wildman–Crippen MR) is 101 cm³/mol. The van der Waals surface area contributed by atoms with Crippen LogP contribution in [0, 0.1) is 0 Å². The van der Waals surface area contributed by atoms with Crippen molar-refractivity contribution in [1.29, 1.82) is 0 Å². The largest absolute Gasteiger partial charge is 0.370 e. The van der Waals surface area contributed by atoms with Crippen molar-refractivity contribution < 1.29 is 13.2 Å². The highest BCUT2D eigenvalue weighted by Crippen LogP contribution is 2.22. The molecule has 1 atom stereocenters. The Balaban J connectivity index is 1.97. The number of amides is 1. The fourth-order valence-electron chi connectivity index (χ4n) is 2.76. The van der Waals surface area contributed by atoms with Crippen LogP contribution in [0.1, 0.15) is 43.6 Å². The van der Waals surface area contributed by atoms with Gasteiger partial charge in [-0.3, -0.25) is 9.78 Å². The summed E-state index contributed by atoms with van der Waals surface area (Å²) in [5, 5.41) is 0. The Morgan fingerprint density at radius 3 is 2.50 bits per heavy atom. The lowest BCUT2D eigenvalue weighted by atomic mass is 9.94. The van der Waals surface area contributed by atoms with E-state index < -0.39 is 10.0 Å². The molecule has 0 fully saturated rings. The smallest absolute Gasteiger partial charge is 0.240 e. The Morgan fingerprint density at radius 1 is 1.08 bits per heavy atom. The van der Waals surface area contributed by atoms with Crippen molar-refractivity contribution in [2.45, 2.75) is 42.9 Å². The van der Waals surface area contributed by atoms with Gasteiger partial charge in [-0.25, -0.2) is 13.1 Å². The van der Waals surface area contributed by atoms with Crippen LogP contribution < -0.4 is 10.5 Å². The summed E-state index contributed by atoms with van der Waals surface area (Å²) in [5.74, 6) is -0.264. The molecule has 6 nitrogen and oxygen atoms in total. The third-order valence-corrected chi connectivity index (χ3v) is 5.64. The second-order valence-electron chi connectivity index (χ2n) is 6.21. The highest BCUT2D eigenvalue weighted by atomic mass is 32.2. The fraction of sp³-hybridized carbons (Fsp3) is 0.368. The minimum atomic E-state index is -3.54. The SMILES string of the molecule is NC(=O)CCCCC[C@H](CNS(=O)(=O)c1ccccc1)c1cccnc1. The number of benzene rings is 1. The van der Waals surface area contributed by atoms with Gasteiger partial charge in [0.1, 0.15) is 0 Å². The van der Waals surface area contributed by atoms with Crippen LogP contribution in [0.2, 0.25) is 0 Å². The summed E-state index contributed by atoms with van der Waals surface area (Å²) < 4.78 is 27.6. The van der Waals surface area contributed by atoms with Crippen LogP contribution in [0.25, 0.3) is 0 Å². The lowest BCUT2D eigenvalue weighted by Gasteiger charge is -2.18. The first-order valence-corrected chi connectivity index (χ1v) is 10.2. The Kier molecular flexibility index (Phi) is 7.74. The van der Waals surface area contributed by atoms with Gasteiger partial charge in [0, 0.05) is 25.4 Å². The molecule has 1 aromatic carbocycles. The molecule has 0 bridgehead atoms. The maximum Gasteiger partial charge on any atom is 0.240 e. The number of hydrogen-bond donors (Lipinski definition) is 2. The topological polar surface area (TPSA) is 102 Å². The van der Waals surface area contributed by atoms with Gasteiger partial charge in [0.2, 0.25) is 15.9 Å². The number of sulfonamides is 1. The number of rotatable bonds is 11. The zero-order chi connectivity index (χ0) is 18.8. The summed E-state index contributed by atoms with van der Waals surface area (Å²) >= 11 is 0. The Bertz CT molecular complexity index is 780. The molecule has 7 heteroatoms. The van der Waals surface area contributed by atoms with Crippen LogP contribution >= 0.6 is 0 Å². The van der Waals surface area contributed by atoms with E-state index in [-0.39, 0.29) is 16.7 Å². The normalized spacial score (nSPS) is 12.6. The molecule has 2 rings (SSSR count). The van der Waals surface area contributed by atoms with Crippen molar-refractivity contribution in [2.75, 3.05) is 6.54 Å². The average molecular weight is 375 g/mol. The summed E-state index contributed by atoms with van der Waals surface area (Å²) in [4.78, 5) is 15.2. The Hall–Kier alpha value is -2.25. The van der Waals surface area contributed by atoms with E-state index >= 15 is 0 Å². The number of nitrogens with two attached hydrogens (primary N) is 1. The molecular weight excluding hydrogens is 350 g/mol. The number of aromatic nitrogens is 1. The lowest BCUT2D eigenvalue weighted by Crippen LogP contribution is -2.28. The zero-order valence-electron chi connectivity index (χ0n) is 14.7. The molecule has 140 valence electrons. The summed E-state index contributed by atoms with van der Waals surface area (Å²) in [6.07, 6.45) is 7.18. The van der Waals surface area contributed by atoms with Gasteiger partial charge in [0.15, 0.2) is 0 Å². The van der Waals surface area contributed by atoms with Gasteiger partial charge in [-0.05, 0) is 42.5 Å². The van der Waals surface area contributed by atoms with Gasteiger partial charge in [-0.1, -0.05) is 37.1 Å². The standard InChI is InChI=1S/C19H25N3O3S/c20-19(23)12-6-1-3-8-17(16-9-7-13-21-14-16)15-22-26(24,25)18-10-4-2-5-11-18/h2,4-5,7,9-11,13-14,17,22H,1,3,6,8,12,15H2,(H2,20,23)/t17-/m1/s1. The number of hydrogen-bond acceptors (Lipinski definition) is 4. The van der Waals surface area contributed by atoms with Gasteiger partial charge in [-0.2, -0.15) is 0 Å². The van der Waals surface area contributed by atoms with Gasteiger partial charge < -0.3 is 5.73 Å². The number of unbranched alkanes of at least 4 members (excludes halogenated alkanes) is 2. The molecule has 0 aliphatic heterocycles. The number of nitrogens with one attached hydrogen (secondary N) is 1. The third-order valence-electron chi connectivity index (χ3n) is 4.20. The highest BCUT2D eigenvalue weighted by Gasteiger charge is 2.18. The molecule has 3 N–H and O–H groups in total. The fourth-order valence-corrected chi connectivity index (χ4v) is 3.87. The van der Waals surface area contributed by atoms with E-state index in [1.54, 1.807) is 42.7 Å². The molecule has 1 heterocycles. The zero-order valence-corrected chi connectivity index (χ0v) is 15.5. The second kappa shape index (κ2) is 10.0. The van der Waals surface area contributed by atoms with Crippen molar-refractivity contribution in [2.24, 2.45) is 5.73 Å². The Labute approximate surface area is 154 Å². The quantitative estimate of drug-likeness (QED) is 0.589. The van der Waals surface area contributed by atoms with Crippen molar-refractivity contribution in [3.8, 4) is 0 Å². The first-order valence-electron chi connectivity index (χ1n) is 8.72. The van der Waals surface area contributed by atoms with Gasteiger partial charge >= 0.3 is 0 Å². The molecule has 0 aliphatic carbocycles. The molecule has 0 spiro atoms. The van der Waals surface area contributed by atoms with E-state index in [2.05, 4.69) is 9.71 Å². The van der Waals surface area contributed by atoms with Gasteiger partial charge in [0.05, 0.1) is 4.90 Å². The first kappa shape index (κ1) is 20.1. The molecule has 26 heavy (non-hydrogen) atoms. The maximum absolute atomic E-state index is 12.4. The molecule has 0 aliphatic rings. The highest BCUT2D eigenvalue weighted by molar-refractivity contribution is 7.89. The maximum atomic E-state index is 12.4. The van der Waals surface area contributed by atoms with Crippen molar-refractivity contribution in [3.63, 3.8) is 0 Å². The Morgan fingerprint density at radius 2 is 1.85 bits per heavy atom. The van der Waals surface area contributed by atoms with E-state index in [0.29, 0.717) is 13.0 Å². The molecule has 2 aromatic rings. The molecular formula is C19H25N3O3S. The molecule has 1 aromatic heterocycles. The van der Waals surface area contributed by atoms with Crippen LogP contribution in [0.15, 0.2) is 59.8 Å². The number of carbonyl (C=O) groups is 1. The summed E-state index contributed by atoms with van der Waals surface area (Å²) in [7, 11) is -3.54. The van der Waals surface area contributed by atoms with Crippen molar-refractivity contribution >= 4 is 15.9 Å². The van der Waals surface area contributed by atoms with Gasteiger partial charge in [-0.15, -0.1) is 0 Å². The minimum Gasteiger partial charge on any atom is -0.370 e. The molecule has 0 unspecified atom stereocenters. The molecule has 0 saturated heterocycles. The van der Waals surface area contributed by atoms with E-state index in [4.69, 9.17) is 5.73 Å². The minimum absolute atomic E-state index is 0.0239. The van der Waals surface area contributed by atoms with Crippen LogP contribution in [0.3, 0.4) is 0 Å². The molecule has 0 radical (unpaired) electrons. The number of pyridine rings is 1.